The number of hydrogen-bond donors (Lipinski definition) is 2. The van der Waals surface area contributed by atoms with Crippen LogP contribution in [-0.2, 0) is 16.5 Å². The van der Waals surface area contributed by atoms with E-state index in [-0.39, 0.29) is 16.5 Å². The van der Waals surface area contributed by atoms with E-state index < -0.39 is 6.09 Å². The summed E-state index contributed by atoms with van der Waals surface area (Å²) >= 11 is 0. The second-order valence-electron chi connectivity index (χ2n) is 3.10. The number of carbonyl (C=O) groups is 1. The summed E-state index contributed by atoms with van der Waals surface area (Å²) in [4.78, 5) is 10.2. The average molecular weight is 232 g/mol. The van der Waals surface area contributed by atoms with E-state index in [1.165, 1.54) is 12.8 Å². The molecule has 2 N–H and O–H groups in total. The molecule has 82 valence electrons. The number of nitrogens with one attached hydrogen (secondary N) is 1. The summed E-state index contributed by atoms with van der Waals surface area (Å²) in [5.41, 5.74) is 0. The second kappa shape index (κ2) is 9.85. The number of amides is 1. The van der Waals surface area contributed by atoms with Gasteiger partial charge in [-0.3, -0.25) is 0 Å². The van der Waals surface area contributed by atoms with Crippen LogP contribution in [-0.4, -0.2) is 17.7 Å². The monoisotopic (exact) mass is 231 g/mol. The third-order valence-corrected chi connectivity index (χ3v) is 2.09. The van der Waals surface area contributed by atoms with Crippen LogP contribution in [0.1, 0.15) is 39.5 Å². The normalized spacial score (nSPS) is 11.5. The van der Waals surface area contributed by atoms with Gasteiger partial charge in [-0.2, -0.15) is 0 Å². The predicted octanol–water partition coefficient (Wildman–Crippen LogP) is 2.47. The van der Waals surface area contributed by atoms with E-state index in [0.717, 1.165) is 12.8 Å². The summed E-state index contributed by atoms with van der Waals surface area (Å²) in [6.07, 6.45) is 3.65. The largest absolute Gasteiger partial charge is 0.465 e. The Hall–Kier alpha value is -0.236. The van der Waals surface area contributed by atoms with E-state index in [4.69, 9.17) is 5.11 Å². The molecule has 1 amide bonds. The molecule has 0 aliphatic carbocycles. The van der Waals surface area contributed by atoms with E-state index in [1.807, 2.05) is 0 Å². The van der Waals surface area contributed by atoms with E-state index in [9.17, 15) is 4.79 Å². The number of carboxylic acid groups (broad SMARTS) is 1. The average Bonchev–Trinajstić information content (AvgIpc) is 2.05. The molecule has 4 heteroatoms. The summed E-state index contributed by atoms with van der Waals surface area (Å²) < 4.78 is 0. The molecule has 3 nitrogen and oxygen atoms in total. The first kappa shape index (κ1) is 15.2. The maximum absolute atomic E-state index is 10.2. The molecular formula is C9H19NNiO2. The minimum Gasteiger partial charge on any atom is -0.465 e. The van der Waals surface area contributed by atoms with Crippen molar-refractivity contribution in [2.75, 3.05) is 6.54 Å². The van der Waals surface area contributed by atoms with Crippen LogP contribution in [0.5, 0.6) is 0 Å². The van der Waals surface area contributed by atoms with Gasteiger partial charge in [0.2, 0.25) is 0 Å². The standard InChI is InChI=1S/C9H19NO2.Ni/c1-3-5-6-8(4-2)7-10-9(11)12;/h8,10H,3-7H2,1-2H3,(H,11,12);. The van der Waals surface area contributed by atoms with Crippen molar-refractivity contribution in [1.29, 1.82) is 0 Å². The topological polar surface area (TPSA) is 49.3 Å². The number of rotatable bonds is 6. The van der Waals surface area contributed by atoms with Crippen molar-refractivity contribution >= 4 is 6.09 Å². The molecule has 0 aromatic heterocycles. The Morgan fingerprint density at radius 3 is 2.46 bits per heavy atom. The Bertz CT molecular complexity index is 131. The SMILES string of the molecule is CCCCC(CC)CNC(=O)O.[Ni]. The van der Waals surface area contributed by atoms with Gasteiger partial charge in [0, 0.05) is 23.0 Å². The molecule has 0 rings (SSSR count). The van der Waals surface area contributed by atoms with Crippen LogP contribution in [0.2, 0.25) is 0 Å². The first-order valence-electron chi connectivity index (χ1n) is 4.67. The number of hydrogen-bond acceptors (Lipinski definition) is 1. The maximum atomic E-state index is 10.2. The fourth-order valence-corrected chi connectivity index (χ4v) is 1.17. The van der Waals surface area contributed by atoms with Crippen molar-refractivity contribution in [2.24, 2.45) is 5.92 Å². The Labute approximate surface area is 90.2 Å². The first-order valence-corrected chi connectivity index (χ1v) is 4.67. The van der Waals surface area contributed by atoms with E-state index in [0.29, 0.717) is 12.5 Å². The first-order chi connectivity index (χ1) is 5.70. The Morgan fingerprint density at radius 2 is 2.08 bits per heavy atom. The van der Waals surface area contributed by atoms with Gasteiger partial charge in [-0.1, -0.05) is 33.1 Å². The van der Waals surface area contributed by atoms with Crippen LogP contribution < -0.4 is 5.32 Å². The molecule has 0 radical (unpaired) electrons. The number of unbranched alkanes of at least 4 members (excludes halogenated alkanes) is 1. The maximum Gasteiger partial charge on any atom is 0.404 e. The van der Waals surface area contributed by atoms with E-state index in [2.05, 4.69) is 19.2 Å². The minimum atomic E-state index is -0.912. The molecule has 0 aliphatic heterocycles. The molecule has 0 bridgehead atoms. The summed E-state index contributed by atoms with van der Waals surface area (Å²) in [5.74, 6) is 0.515. The van der Waals surface area contributed by atoms with Gasteiger partial charge in [0.25, 0.3) is 0 Å². The van der Waals surface area contributed by atoms with Crippen molar-refractivity contribution in [3.8, 4) is 0 Å². The molecule has 0 aliphatic rings. The molecule has 1 atom stereocenters. The van der Waals surface area contributed by atoms with Crippen molar-refractivity contribution < 1.29 is 26.4 Å². The summed E-state index contributed by atoms with van der Waals surface area (Å²) in [5, 5.41) is 10.8. The molecule has 0 saturated heterocycles. The van der Waals surface area contributed by atoms with Crippen molar-refractivity contribution in [1.82, 2.24) is 5.32 Å². The molecule has 0 fully saturated rings. The van der Waals surface area contributed by atoms with Gasteiger partial charge >= 0.3 is 6.09 Å². The summed E-state index contributed by atoms with van der Waals surface area (Å²) in [7, 11) is 0. The van der Waals surface area contributed by atoms with Crippen LogP contribution in [0.4, 0.5) is 4.79 Å². The molecule has 0 heterocycles. The minimum absolute atomic E-state index is 0. The third-order valence-electron chi connectivity index (χ3n) is 2.09. The van der Waals surface area contributed by atoms with Gasteiger partial charge in [-0.25, -0.2) is 4.79 Å². The van der Waals surface area contributed by atoms with Gasteiger partial charge in [0.05, 0.1) is 0 Å². The molecule has 0 saturated carbocycles. The quantitative estimate of drug-likeness (QED) is 0.691. The molecule has 0 aromatic carbocycles. The summed E-state index contributed by atoms with van der Waals surface area (Å²) in [6.45, 7) is 4.85. The van der Waals surface area contributed by atoms with Crippen LogP contribution in [0.15, 0.2) is 0 Å². The second-order valence-corrected chi connectivity index (χ2v) is 3.10. The zero-order chi connectivity index (χ0) is 9.40. The van der Waals surface area contributed by atoms with E-state index in [1.54, 1.807) is 0 Å². The molecule has 1 unspecified atom stereocenters. The molecule has 0 spiro atoms. The van der Waals surface area contributed by atoms with Crippen LogP contribution >= 0.6 is 0 Å². The Balaban J connectivity index is 0. The molecule has 13 heavy (non-hydrogen) atoms. The Kier molecular flexibility index (Phi) is 11.5. The molecular weight excluding hydrogens is 213 g/mol. The zero-order valence-corrected chi connectivity index (χ0v) is 9.27. The van der Waals surface area contributed by atoms with Gasteiger partial charge in [-0.05, 0) is 12.3 Å². The Morgan fingerprint density at radius 1 is 1.46 bits per heavy atom. The van der Waals surface area contributed by atoms with E-state index >= 15 is 0 Å². The zero-order valence-electron chi connectivity index (χ0n) is 8.28. The van der Waals surface area contributed by atoms with Crippen LogP contribution in [0, 0.1) is 5.92 Å². The van der Waals surface area contributed by atoms with Gasteiger partial charge in [0.15, 0.2) is 0 Å². The van der Waals surface area contributed by atoms with Crippen molar-refractivity contribution in [3.63, 3.8) is 0 Å². The summed E-state index contributed by atoms with van der Waals surface area (Å²) in [6, 6.07) is 0. The van der Waals surface area contributed by atoms with Crippen molar-refractivity contribution in [3.05, 3.63) is 0 Å². The van der Waals surface area contributed by atoms with Crippen LogP contribution in [0.3, 0.4) is 0 Å². The van der Waals surface area contributed by atoms with Crippen LogP contribution in [0.25, 0.3) is 0 Å². The third kappa shape index (κ3) is 9.68. The fraction of sp³-hybridized carbons (Fsp3) is 0.889. The van der Waals surface area contributed by atoms with Gasteiger partial charge < -0.3 is 10.4 Å². The van der Waals surface area contributed by atoms with Crippen molar-refractivity contribution in [2.45, 2.75) is 39.5 Å². The van der Waals surface area contributed by atoms with Gasteiger partial charge in [-0.15, -0.1) is 0 Å². The molecule has 0 aromatic rings. The fourth-order valence-electron chi connectivity index (χ4n) is 1.17. The van der Waals surface area contributed by atoms with Gasteiger partial charge in [0.1, 0.15) is 0 Å². The smallest absolute Gasteiger partial charge is 0.404 e. The predicted molar refractivity (Wildman–Crippen MR) is 49.3 cm³/mol.